The third kappa shape index (κ3) is 2.90. The van der Waals surface area contributed by atoms with Crippen LogP contribution in [0.2, 0.25) is 5.02 Å². The van der Waals surface area contributed by atoms with Crippen molar-refractivity contribution in [3.8, 4) is 5.88 Å². The maximum Gasteiger partial charge on any atom is 1.00 e. The minimum atomic E-state index is -1.25. The fourth-order valence-corrected chi connectivity index (χ4v) is 3.06. The second-order valence-corrected chi connectivity index (χ2v) is 5.78. The summed E-state index contributed by atoms with van der Waals surface area (Å²) in [6.45, 7) is 0. The van der Waals surface area contributed by atoms with Gasteiger partial charge in [-0.05, 0) is 34.5 Å². The van der Waals surface area contributed by atoms with E-state index < -0.39 is 23.5 Å². The number of carbonyl (C=O) groups excluding carboxylic acids is 2. The zero-order chi connectivity index (χ0) is 16.0. The van der Waals surface area contributed by atoms with Crippen molar-refractivity contribution in [2.45, 2.75) is 0 Å². The van der Waals surface area contributed by atoms with E-state index >= 15 is 0 Å². The van der Waals surface area contributed by atoms with Crippen LogP contribution in [0.25, 0.3) is 16.6 Å². The largest absolute Gasteiger partial charge is 1.00 e. The number of fused-ring (bicyclic) bond motifs is 1. The summed E-state index contributed by atoms with van der Waals surface area (Å²) in [4.78, 5) is 24.2. The first-order valence-electron chi connectivity index (χ1n) is 5.98. The minimum absolute atomic E-state index is 0. The van der Waals surface area contributed by atoms with Crippen molar-refractivity contribution in [1.82, 2.24) is 4.57 Å². The smallest absolute Gasteiger partial charge is 0.510 e. The van der Waals surface area contributed by atoms with Crippen molar-refractivity contribution in [2.24, 2.45) is 0 Å². The van der Waals surface area contributed by atoms with Gasteiger partial charge in [-0.15, -0.1) is 11.3 Å². The molecule has 0 saturated heterocycles. The van der Waals surface area contributed by atoms with Gasteiger partial charge in [-0.25, -0.2) is 4.39 Å². The molecule has 0 aliphatic carbocycles. The van der Waals surface area contributed by atoms with Gasteiger partial charge < -0.3 is 15.4 Å². The predicted molar refractivity (Wildman–Crippen MR) is 81.4 cm³/mol. The van der Waals surface area contributed by atoms with E-state index in [0.717, 1.165) is 23.5 Å². The molecule has 5 nitrogen and oxygen atoms in total. The average molecular weight is 361 g/mol. The third-order valence-corrected chi connectivity index (χ3v) is 4.32. The number of nitrogens with zero attached hydrogens (tertiary/aromatic N) is 1. The van der Waals surface area contributed by atoms with E-state index in [4.69, 9.17) is 17.3 Å². The summed E-state index contributed by atoms with van der Waals surface area (Å²) in [5, 5.41) is 11.6. The first-order chi connectivity index (χ1) is 10.4. The number of benzene rings is 1. The molecule has 0 saturated carbocycles. The number of amides is 1. The standard InChI is InChI=1S/C14H8ClFN2O3S.Na/c15-7-5-9-6(4-8(7)16)11(13(20)18(9)14(17)21)12(19)10-2-1-3-22-10;/h1-5H,(H3,17,19,20,21);/q;+1/p-1. The van der Waals surface area contributed by atoms with Gasteiger partial charge in [0, 0.05) is 0 Å². The fraction of sp³-hybridized carbons (Fsp3) is 0. The molecule has 0 bridgehead atoms. The molecule has 2 heterocycles. The molecular weight excluding hydrogens is 354 g/mol. The molecule has 0 atom stereocenters. The maximum absolute atomic E-state index is 13.7. The topological polar surface area (TPSA) is 83.1 Å². The Labute approximate surface area is 160 Å². The fourth-order valence-electron chi connectivity index (χ4n) is 2.23. The molecule has 2 aromatic heterocycles. The molecule has 0 spiro atoms. The molecule has 9 heteroatoms. The van der Waals surface area contributed by atoms with Gasteiger partial charge in [0.15, 0.2) is 6.03 Å². The van der Waals surface area contributed by atoms with Gasteiger partial charge in [-0.3, -0.25) is 9.59 Å². The van der Waals surface area contributed by atoms with E-state index in [0.29, 0.717) is 9.44 Å². The Morgan fingerprint density at radius 1 is 1.35 bits per heavy atom. The summed E-state index contributed by atoms with van der Waals surface area (Å²) < 4.78 is 14.3. The molecule has 3 rings (SSSR count). The molecule has 1 aromatic carbocycles. The third-order valence-electron chi connectivity index (χ3n) is 3.16. The summed E-state index contributed by atoms with van der Waals surface area (Å²) in [6.07, 6.45) is 0. The number of halogens is 2. The number of hydrogen-bond acceptors (Lipinski definition) is 4. The van der Waals surface area contributed by atoms with Crippen LogP contribution < -0.4 is 29.6 Å². The quantitative estimate of drug-likeness (QED) is 0.554. The predicted octanol–water partition coefficient (Wildman–Crippen LogP) is 1.46. The number of ketones is 1. The molecule has 112 valence electrons. The van der Waals surface area contributed by atoms with Crippen molar-refractivity contribution >= 4 is 45.7 Å². The van der Waals surface area contributed by atoms with Crippen LogP contribution in [0.15, 0.2) is 29.6 Å². The van der Waals surface area contributed by atoms with Gasteiger partial charge >= 0.3 is 29.6 Å². The van der Waals surface area contributed by atoms with Gasteiger partial charge in [-0.1, -0.05) is 17.7 Å². The molecule has 0 unspecified atom stereocenters. The number of thiophene rings is 1. The first kappa shape index (κ1) is 18.0. The van der Waals surface area contributed by atoms with Crippen molar-refractivity contribution in [2.75, 3.05) is 0 Å². The van der Waals surface area contributed by atoms with E-state index in [1.54, 1.807) is 17.5 Å². The molecule has 0 fully saturated rings. The second kappa shape index (κ2) is 6.62. The number of nitrogens with one attached hydrogen (secondary N) is 1. The Kier molecular flexibility index (Phi) is 5.17. The monoisotopic (exact) mass is 360 g/mol. The van der Waals surface area contributed by atoms with Crippen molar-refractivity contribution in [3.63, 3.8) is 0 Å². The van der Waals surface area contributed by atoms with Gasteiger partial charge in [0.1, 0.15) is 11.7 Å². The van der Waals surface area contributed by atoms with Crippen LogP contribution in [-0.2, 0) is 0 Å². The summed E-state index contributed by atoms with van der Waals surface area (Å²) in [6, 6.07) is 4.02. The Morgan fingerprint density at radius 2 is 2.04 bits per heavy atom. The van der Waals surface area contributed by atoms with E-state index in [-0.39, 0.29) is 51.0 Å². The van der Waals surface area contributed by atoms with E-state index in [1.165, 1.54) is 0 Å². The Morgan fingerprint density at radius 3 is 2.61 bits per heavy atom. The minimum Gasteiger partial charge on any atom is -0.510 e. The molecule has 1 amide bonds. The Bertz CT molecular complexity index is 924. The Balaban J connectivity index is 0.00000192. The zero-order valence-corrected chi connectivity index (χ0v) is 15.3. The van der Waals surface area contributed by atoms with Crippen LogP contribution in [-0.4, -0.2) is 21.5 Å². The van der Waals surface area contributed by atoms with Gasteiger partial charge in [0.25, 0.3) is 0 Å². The molecule has 0 radical (unpaired) electrons. The van der Waals surface area contributed by atoms with Crippen LogP contribution >= 0.6 is 22.9 Å². The van der Waals surface area contributed by atoms with E-state index in [2.05, 4.69) is 0 Å². The number of carbonyl (C=O) groups is 2. The molecule has 0 aliphatic heterocycles. The van der Waals surface area contributed by atoms with Crippen LogP contribution in [0, 0.1) is 5.82 Å². The van der Waals surface area contributed by atoms with E-state index in [1.807, 2.05) is 0 Å². The van der Waals surface area contributed by atoms with Crippen LogP contribution in [0.4, 0.5) is 9.18 Å². The van der Waals surface area contributed by atoms with Gasteiger partial charge in [-0.2, -0.15) is 0 Å². The van der Waals surface area contributed by atoms with Crippen LogP contribution in [0.5, 0.6) is 5.88 Å². The Hall–Kier alpha value is -1.38. The van der Waals surface area contributed by atoms with Crippen molar-refractivity contribution in [3.05, 3.63) is 56.7 Å². The SMILES string of the molecule is [NH-]C(=O)n1c(O)c(C(=O)c2cccs2)c2cc(F)c(Cl)cc21.[Na+]. The maximum atomic E-state index is 13.7. The zero-order valence-electron chi connectivity index (χ0n) is 11.8. The summed E-state index contributed by atoms with van der Waals surface area (Å²) in [7, 11) is 0. The molecule has 0 aliphatic rings. The van der Waals surface area contributed by atoms with Gasteiger partial charge in [0.2, 0.25) is 5.78 Å². The van der Waals surface area contributed by atoms with Crippen molar-refractivity contribution < 1.29 is 48.6 Å². The van der Waals surface area contributed by atoms with Crippen LogP contribution in [0.1, 0.15) is 15.2 Å². The number of rotatable bonds is 2. The number of aromatic nitrogens is 1. The second-order valence-electron chi connectivity index (χ2n) is 4.43. The van der Waals surface area contributed by atoms with Crippen molar-refractivity contribution in [1.29, 1.82) is 0 Å². The summed E-state index contributed by atoms with van der Waals surface area (Å²) in [5.41, 5.74) is 6.99. The average Bonchev–Trinajstić information content (AvgIpc) is 3.05. The normalized spacial score (nSPS) is 10.5. The molecule has 2 N–H and O–H groups in total. The molecule has 3 aromatic rings. The summed E-state index contributed by atoms with van der Waals surface area (Å²) in [5.74, 6) is -2.04. The molecule has 23 heavy (non-hydrogen) atoms. The molecular formula is C14H7ClFN2NaO3S. The van der Waals surface area contributed by atoms with Gasteiger partial charge in [0.05, 0.1) is 15.5 Å². The number of aromatic hydroxyl groups is 1. The number of hydrogen-bond donors (Lipinski definition) is 1. The van der Waals surface area contributed by atoms with E-state index in [9.17, 15) is 19.1 Å². The van der Waals surface area contributed by atoms with Crippen LogP contribution in [0.3, 0.4) is 0 Å². The summed E-state index contributed by atoms with van der Waals surface area (Å²) >= 11 is 6.83. The first-order valence-corrected chi connectivity index (χ1v) is 7.24.